The number of ether oxygens (including phenoxy) is 2. The highest BCUT2D eigenvalue weighted by Gasteiger charge is 2.15. The van der Waals surface area contributed by atoms with Crippen molar-refractivity contribution >= 4 is 11.9 Å². The van der Waals surface area contributed by atoms with Gasteiger partial charge in [0.05, 0.1) is 11.4 Å². The van der Waals surface area contributed by atoms with E-state index in [9.17, 15) is 4.79 Å². The van der Waals surface area contributed by atoms with Gasteiger partial charge in [0.2, 0.25) is 6.79 Å². The van der Waals surface area contributed by atoms with Crippen LogP contribution in [0.1, 0.15) is 21.7 Å². The number of carbonyl (C=O) groups excluding carboxylic acids is 1. The van der Waals surface area contributed by atoms with E-state index in [-0.39, 0.29) is 12.6 Å². The number of nitrogens with zero attached hydrogens (tertiary/aromatic N) is 2. The molecule has 0 atom stereocenters. The molecule has 2 aromatic rings. The van der Waals surface area contributed by atoms with Crippen molar-refractivity contribution in [2.45, 2.75) is 6.92 Å². The summed E-state index contributed by atoms with van der Waals surface area (Å²) >= 11 is 0. The third-order valence-corrected chi connectivity index (χ3v) is 3.10. The van der Waals surface area contributed by atoms with Crippen molar-refractivity contribution in [1.29, 1.82) is 0 Å². The second kappa shape index (κ2) is 4.85. The molecule has 0 unspecified atom stereocenters. The number of aromatic nitrogens is 2. The average molecular weight is 270 g/mol. The first-order chi connectivity index (χ1) is 9.63. The van der Waals surface area contributed by atoms with Gasteiger partial charge < -0.3 is 9.47 Å². The molecule has 0 spiro atoms. The van der Waals surface area contributed by atoms with E-state index >= 15 is 0 Å². The molecule has 0 N–H and O–H groups in total. The first kappa shape index (κ1) is 12.5. The molecule has 1 aliphatic heterocycles. The Hall–Kier alpha value is -2.56. The summed E-state index contributed by atoms with van der Waals surface area (Å²) in [6, 6.07) is 7.10. The normalized spacial score (nSPS) is 13.1. The molecule has 102 valence electrons. The van der Waals surface area contributed by atoms with Crippen molar-refractivity contribution in [2.24, 2.45) is 7.05 Å². The van der Waals surface area contributed by atoms with Gasteiger partial charge in [-0.1, -0.05) is 0 Å². The molecular formula is C15H14N2O3. The number of aryl methyl sites for hydroxylation is 2. The molecule has 0 saturated heterocycles. The average Bonchev–Trinajstić information content (AvgIpc) is 3.01. The molecule has 0 fully saturated rings. The summed E-state index contributed by atoms with van der Waals surface area (Å²) in [6.07, 6.45) is 3.29. The molecule has 5 heteroatoms. The zero-order chi connectivity index (χ0) is 14.1. The maximum Gasteiger partial charge on any atom is 0.231 e. The summed E-state index contributed by atoms with van der Waals surface area (Å²) in [5, 5.41) is 4.23. The number of benzene rings is 1. The number of hydrogen-bond donors (Lipinski definition) is 0. The molecule has 5 nitrogen and oxygen atoms in total. The Morgan fingerprint density at radius 2 is 2.10 bits per heavy atom. The fourth-order valence-electron chi connectivity index (χ4n) is 2.09. The molecule has 2 heterocycles. The molecular weight excluding hydrogens is 256 g/mol. The first-order valence-corrected chi connectivity index (χ1v) is 6.26. The van der Waals surface area contributed by atoms with E-state index in [1.807, 2.05) is 20.0 Å². The highest BCUT2D eigenvalue weighted by atomic mass is 16.7. The largest absolute Gasteiger partial charge is 0.454 e. The van der Waals surface area contributed by atoms with Gasteiger partial charge in [-0.15, -0.1) is 0 Å². The van der Waals surface area contributed by atoms with Gasteiger partial charge in [-0.3, -0.25) is 9.48 Å². The van der Waals surface area contributed by atoms with E-state index in [0.29, 0.717) is 17.1 Å². The van der Waals surface area contributed by atoms with Crippen LogP contribution < -0.4 is 9.47 Å². The maximum atomic E-state index is 12.1. The number of carbonyl (C=O) groups is 1. The minimum atomic E-state index is -0.0813. The molecule has 1 aromatic carbocycles. The van der Waals surface area contributed by atoms with Gasteiger partial charge >= 0.3 is 0 Å². The Bertz CT molecular complexity index is 701. The van der Waals surface area contributed by atoms with Crippen molar-refractivity contribution in [3.63, 3.8) is 0 Å². The van der Waals surface area contributed by atoms with Crippen molar-refractivity contribution in [3.8, 4) is 11.5 Å². The van der Waals surface area contributed by atoms with Gasteiger partial charge in [-0.05, 0) is 43.3 Å². The summed E-state index contributed by atoms with van der Waals surface area (Å²) in [7, 11) is 1.84. The van der Waals surface area contributed by atoms with Crippen LogP contribution in [-0.2, 0) is 7.05 Å². The monoisotopic (exact) mass is 270 g/mol. The predicted octanol–water partition coefficient (Wildman–Crippen LogP) is 2.35. The summed E-state index contributed by atoms with van der Waals surface area (Å²) in [5.41, 5.74) is 2.38. The molecule has 0 saturated carbocycles. The van der Waals surface area contributed by atoms with Crippen molar-refractivity contribution in [3.05, 3.63) is 47.3 Å². The molecule has 20 heavy (non-hydrogen) atoms. The number of hydrogen-bond acceptors (Lipinski definition) is 4. The smallest absolute Gasteiger partial charge is 0.231 e. The van der Waals surface area contributed by atoms with E-state index in [1.165, 1.54) is 6.08 Å². The van der Waals surface area contributed by atoms with Gasteiger partial charge in [-0.25, -0.2) is 0 Å². The van der Waals surface area contributed by atoms with Gasteiger partial charge in [0.15, 0.2) is 17.3 Å². The lowest BCUT2D eigenvalue weighted by Crippen LogP contribution is -1.96. The van der Waals surface area contributed by atoms with E-state index < -0.39 is 0 Å². The minimum Gasteiger partial charge on any atom is -0.454 e. The Morgan fingerprint density at radius 1 is 1.30 bits per heavy atom. The van der Waals surface area contributed by atoms with Crippen LogP contribution in [0.2, 0.25) is 0 Å². The third kappa shape index (κ3) is 2.30. The van der Waals surface area contributed by atoms with Crippen molar-refractivity contribution < 1.29 is 14.3 Å². The summed E-state index contributed by atoms with van der Waals surface area (Å²) in [6.45, 7) is 2.12. The molecule has 3 rings (SSSR count). The molecule has 0 bridgehead atoms. The summed E-state index contributed by atoms with van der Waals surface area (Å²) < 4.78 is 12.2. The minimum absolute atomic E-state index is 0.0813. The van der Waals surface area contributed by atoms with Gasteiger partial charge in [0.1, 0.15) is 0 Å². The molecule has 1 aliphatic rings. The van der Waals surface area contributed by atoms with E-state index in [1.54, 1.807) is 29.0 Å². The van der Waals surface area contributed by atoms with E-state index in [4.69, 9.17) is 9.47 Å². The van der Waals surface area contributed by atoms with Crippen LogP contribution in [0.3, 0.4) is 0 Å². The zero-order valence-corrected chi connectivity index (χ0v) is 11.3. The SMILES string of the molecule is Cc1cc(/C=C/C(=O)c2ccc3c(c2)OCO3)n(C)n1. The second-order valence-electron chi connectivity index (χ2n) is 4.60. The predicted molar refractivity (Wildman–Crippen MR) is 73.9 cm³/mol. The Kier molecular flexibility index (Phi) is 3.02. The van der Waals surface area contributed by atoms with Crippen molar-refractivity contribution in [1.82, 2.24) is 9.78 Å². The summed E-state index contributed by atoms with van der Waals surface area (Å²) in [5.74, 6) is 1.20. The lowest BCUT2D eigenvalue weighted by atomic mass is 10.1. The number of fused-ring (bicyclic) bond motifs is 1. The van der Waals surface area contributed by atoms with Gasteiger partial charge in [0, 0.05) is 12.6 Å². The van der Waals surface area contributed by atoms with Crippen LogP contribution in [0.4, 0.5) is 0 Å². The van der Waals surface area contributed by atoms with Crippen LogP contribution in [0.25, 0.3) is 6.08 Å². The van der Waals surface area contributed by atoms with Gasteiger partial charge in [0.25, 0.3) is 0 Å². The topological polar surface area (TPSA) is 53.4 Å². The van der Waals surface area contributed by atoms with Crippen molar-refractivity contribution in [2.75, 3.05) is 6.79 Å². The lowest BCUT2D eigenvalue weighted by Gasteiger charge is -1.99. The number of ketones is 1. The molecule has 0 amide bonds. The molecule has 0 aliphatic carbocycles. The first-order valence-electron chi connectivity index (χ1n) is 6.26. The number of rotatable bonds is 3. The third-order valence-electron chi connectivity index (χ3n) is 3.10. The van der Waals surface area contributed by atoms with Crippen LogP contribution in [0.5, 0.6) is 11.5 Å². The van der Waals surface area contributed by atoms with E-state index in [0.717, 1.165) is 11.4 Å². The Balaban J connectivity index is 1.81. The Labute approximate surface area is 116 Å². The molecule has 0 radical (unpaired) electrons. The van der Waals surface area contributed by atoms with Crippen LogP contribution in [-0.4, -0.2) is 22.4 Å². The fourth-order valence-corrected chi connectivity index (χ4v) is 2.09. The van der Waals surface area contributed by atoms with Gasteiger partial charge in [-0.2, -0.15) is 5.10 Å². The zero-order valence-electron chi connectivity index (χ0n) is 11.3. The number of allylic oxidation sites excluding steroid dienone is 1. The van der Waals surface area contributed by atoms with Crippen LogP contribution in [0, 0.1) is 6.92 Å². The quantitative estimate of drug-likeness (QED) is 0.634. The fraction of sp³-hybridized carbons (Fsp3) is 0.200. The molecule has 1 aromatic heterocycles. The Morgan fingerprint density at radius 3 is 2.85 bits per heavy atom. The second-order valence-corrected chi connectivity index (χ2v) is 4.60. The summed E-state index contributed by atoms with van der Waals surface area (Å²) in [4.78, 5) is 12.1. The lowest BCUT2D eigenvalue weighted by molar-refractivity contribution is 0.104. The van der Waals surface area contributed by atoms with Crippen LogP contribution >= 0.6 is 0 Å². The standard InChI is InChI=1S/C15H14N2O3/c1-10-7-12(17(2)16-10)4-5-13(18)11-3-6-14-15(8-11)20-9-19-14/h3-8H,9H2,1-2H3/b5-4+. The highest BCUT2D eigenvalue weighted by Crippen LogP contribution is 2.32. The highest BCUT2D eigenvalue weighted by molar-refractivity contribution is 6.07. The van der Waals surface area contributed by atoms with E-state index in [2.05, 4.69) is 5.10 Å². The van der Waals surface area contributed by atoms with Crippen LogP contribution in [0.15, 0.2) is 30.3 Å². The maximum absolute atomic E-state index is 12.1.